The Morgan fingerprint density at radius 3 is 2.72 bits per heavy atom. The van der Waals surface area contributed by atoms with Crippen LogP contribution in [0.5, 0.6) is 0 Å². The highest BCUT2D eigenvalue weighted by Gasteiger charge is 2.33. The highest BCUT2D eigenvalue weighted by molar-refractivity contribution is 9.10. The fourth-order valence-electron chi connectivity index (χ4n) is 3.16. The summed E-state index contributed by atoms with van der Waals surface area (Å²) in [6.07, 6.45) is 5.31. The number of halogens is 1. The van der Waals surface area contributed by atoms with Gasteiger partial charge in [-0.2, -0.15) is 0 Å². The van der Waals surface area contributed by atoms with Gasteiger partial charge in [-0.3, -0.25) is 0 Å². The minimum atomic E-state index is 0.376. The molecule has 0 aliphatic heterocycles. The number of nitrogens with one attached hydrogen (secondary N) is 1. The number of aromatic nitrogens is 3. The Hall–Kier alpha value is -0.420. The lowest BCUT2D eigenvalue weighted by Gasteiger charge is -2.24. The van der Waals surface area contributed by atoms with Gasteiger partial charge in [0, 0.05) is 7.05 Å². The lowest BCUT2D eigenvalue weighted by atomic mass is 9.93. The van der Waals surface area contributed by atoms with E-state index < -0.39 is 0 Å². The second-order valence-corrected chi connectivity index (χ2v) is 6.02. The maximum absolute atomic E-state index is 4.12. The van der Waals surface area contributed by atoms with Crippen LogP contribution in [-0.2, 0) is 7.05 Å². The molecule has 0 bridgehead atoms. The van der Waals surface area contributed by atoms with Gasteiger partial charge < -0.3 is 5.32 Å². The molecule has 4 nitrogen and oxygen atoms in total. The van der Waals surface area contributed by atoms with Gasteiger partial charge in [-0.05, 0) is 47.2 Å². The van der Waals surface area contributed by atoms with E-state index in [1.165, 1.54) is 31.4 Å². The van der Waals surface area contributed by atoms with E-state index in [-0.39, 0.29) is 0 Å². The molecule has 2 rings (SSSR count). The number of nitrogens with zero attached hydrogens (tertiary/aromatic N) is 3. The molecule has 1 fully saturated rings. The minimum Gasteiger partial charge on any atom is -0.309 e. The molecular formula is C13H23BrN4. The van der Waals surface area contributed by atoms with E-state index >= 15 is 0 Å². The van der Waals surface area contributed by atoms with Gasteiger partial charge in [0.25, 0.3) is 0 Å². The average Bonchev–Trinajstić information content (AvgIpc) is 2.95. The van der Waals surface area contributed by atoms with Crippen LogP contribution in [-0.4, -0.2) is 21.5 Å². The predicted octanol–water partition coefficient (Wildman–Crippen LogP) is 3.05. The van der Waals surface area contributed by atoms with Gasteiger partial charge in [-0.1, -0.05) is 31.9 Å². The van der Waals surface area contributed by atoms with Crippen molar-refractivity contribution >= 4 is 15.9 Å². The van der Waals surface area contributed by atoms with E-state index in [4.69, 9.17) is 0 Å². The molecule has 3 atom stereocenters. The van der Waals surface area contributed by atoms with Crippen molar-refractivity contribution in [2.75, 3.05) is 6.54 Å². The Morgan fingerprint density at radius 1 is 1.44 bits per heavy atom. The van der Waals surface area contributed by atoms with Crippen LogP contribution in [0.25, 0.3) is 0 Å². The van der Waals surface area contributed by atoms with E-state index in [2.05, 4.69) is 45.4 Å². The highest BCUT2D eigenvalue weighted by Crippen LogP contribution is 2.41. The summed E-state index contributed by atoms with van der Waals surface area (Å²) in [5.41, 5.74) is 1.19. The molecule has 1 N–H and O–H groups in total. The van der Waals surface area contributed by atoms with Gasteiger partial charge in [0.2, 0.25) is 0 Å². The van der Waals surface area contributed by atoms with Crippen LogP contribution in [0.3, 0.4) is 0 Å². The fourth-order valence-corrected chi connectivity index (χ4v) is 3.74. The minimum absolute atomic E-state index is 0.376. The predicted molar refractivity (Wildman–Crippen MR) is 76.2 cm³/mol. The smallest absolute Gasteiger partial charge is 0.153 e. The normalized spacial score (nSPS) is 25.6. The van der Waals surface area contributed by atoms with Gasteiger partial charge in [-0.15, -0.1) is 5.10 Å². The van der Waals surface area contributed by atoms with Crippen molar-refractivity contribution in [2.45, 2.75) is 45.6 Å². The zero-order chi connectivity index (χ0) is 13.1. The second-order valence-electron chi connectivity index (χ2n) is 5.27. The summed E-state index contributed by atoms with van der Waals surface area (Å²) in [7, 11) is 1.98. The molecular weight excluding hydrogens is 292 g/mol. The standard InChI is InChI=1S/C13H23BrN4/c1-4-9-6-7-10(8-9)11(15-5-2)12-13(14)16-17-18(12)3/h9-11,15H,4-8H2,1-3H3. The summed E-state index contributed by atoms with van der Waals surface area (Å²) in [5, 5.41) is 11.9. The molecule has 0 aromatic carbocycles. The largest absolute Gasteiger partial charge is 0.309 e. The number of aryl methyl sites for hydroxylation is 1. The zero-order valence-electron chi connectivity index (χ0n) is 11.5. The summed E-state index contributed by atoms with van der Waals surface area (Å²) in [4.78, 5) is 0. The molecule has 0 spiro atoms. The maximum atomic E-state index is 4.12. The first kappa shape index (κ1) is 14.0. The summed E-state index contributed by atoms with van der Waals surface area (Å²) in [6.45, 7) is 5.45. The Morgan fingerprint density at radius 2 is 2.22 bits per heavy atom. The molecule has 1 heterocycles. The molecule has 1 aromatic rings. The summed E-state index contributed by atoms with van der Waals surface area (Å²) in [6, 6.07) is 0.376. The van der Waals surface area contributed by atoms with Crippen molar-refractivity contribution in [3.05, 3.63) is 10.3 Å². The van der Waals surface area contributed by atoms with E-state index in [0.29, 0.717) is 12.0 Å². The van der Waals surface area contributed by atoms with Gasteiger partial charge >= 0.3 is 0 Å². The van der Waals surface area contributed by atoms with Crippen LogP contribution in [0.4, 0.5) is 0 Å². The molecule has 1 saturated carbocycles. The van der Waals surface area contributed by atoms with Crippen molar-refractivity contribution in [3.8, 4) is 0 Å². The lowest BCUT2D eigenvalue weighted by Crippen LogP contribution is -2.29. The molecule has 18 heavy (non-hydrogen) atoms. The Balaban J connectivity index is 2.19. The van der Waals surface area contributed by atoms with Crippen molar-refractivity contribution in [3.63, 3.8) is 0 Å². The molecule has 0 radical (unpaired) electrons. The van der Waals surface area contributed by atoms with E-state index in [9.17, 15) is 0 Å². The quantitative estimate of drug-likeness (QED) is 0.908. The molecule has 1 aliphatic rings. The van der Waals surface area contributed by atoms with Crippen molar-refractivity contribution in [2.24, 2.45) is 18.9 Å². The lowest BCUT2D eigenvalue weighted by molar-refractivity contribution is 0.343. The molecule has 3 unspecified atom stereocenters. The topological polar surface area (TPSA) is 42.7 Å². The fraction of sp³-hybridized carbons (Fsp3) is 0.846. The summed E-state index contributed by atoms with van der Waals surface area (Å²) < 4.78 is 2.78. The van der Waals surface area contributed by atoms with Crippen LogP contribution < -0.4 is 5.32 Å². The molecule has 102 valence electrons. The van der Waals surface area contributed by atoms with Crippen LogP contribution in [0.1, 0.15) is 51.3 Å². The third kappa shape index (κ3) is 2.77. The van der Waals surface area contributed by atoms with Crippen LogP contribution >= 0.6 is 15.9 Å². The molecule has 5 heteroatoms. The SMILES string of the molecule is CCNC(c1c(Br)nnn1C)C1CCC(CC)C1. The second kappa shape index (κ2) is 6.15. The first-order chi connectivity index (χ1) is 8.67. The van der Waals surface area contributed by atoms with Crippen LogP contribution in [0.2, 0.25) is 0 Å². The van der Waals surface area contributed by atoms with E-state index in [0.717, 1.165) is 17.1 Å². The first-order valence-corrected chi connectivity index (χ1v) is 7.75. The monoisotopic (exact) mass is 314 g/mol. The molecule has 0 saturated heterocycles. The average molecular weight is 315 g/mol. The molecule has 1 aliphatic carbocycles. The van der Waals surface area contributed by atoms with Gasteiger partial charge in [0.1, 0.15) is 0 Å². The van der Waals surface area contributed by atoms with Gasteiger partial charge in [0.15, 0.2) is 4.60 Å². The van der Waals surface area contributed by atoms with Crippen molar-refractivity contribution in [1.82, 2.24) is 20.3 Å². The maximum Gasteiger partial charge on any atom is 0.153 e. The van der Waals surface area contributed by atoms with E-state index in [1.54, 1.807) is 0 Å². The third-order valence-electron chi connectivity index (χ3n) is 4.18. The van der Waals surface area contributed by atoms with Crippen molar-refractivity contribution < 1.29 is 0 Å². The molecule has 1 aromatic heterocycles. The van der Waals surface area contributed by atoms with Crippen LogP contribution in [0.15, 0.2) is 4.60 Å². The summed E-state index contributed by atoms with van der Waals surface area (Å²) >= 11 is 3.53. The third-order valence-corrected chi connectivity index (χ3v) is 4.74. The van der Waals surface area contributed by atoms with Crippen molar-refractivity contribution in [1.29, 1.82) is 0 Å². The van der Waals surface area contributed by atoms with Gasteiger partial charge in [0.05, 0.1) is 11.7 Å². The van der Waals surface area contributed by atoms with Crippen LogP contribution in [0, 0.1) is 11.8 Å². The number of hydrogen-bond acceptors (Lipinski definition) is 3. The Labute approximate surface area is 118 Å². The number of rotatable bonds is 5. The molecule has 0 amide bonds. The zero-order valence-corrected chi connectivity index (χ0v) is 13.1. The Bertz CT molecular complexity index is 371. The number of hydrogen-bond donors (Lipinski definition) is 1. The van der Waals surface area contributed by atoms with E-state index in [1.807, 2.05) is 11.7 Å². The van der Waals surface area contributed by atoms with Gasteiger partial charge in [-0.25, -0.2) is 4.68 Å². The summed E-state index contributed by atoms with van der Waals surface area (Å²) in [5.74, 6) is 1.61. The Kier molecular flexibility index (Phi) is 4.78. The first-order valence-electron chi connectivity index (χ1n) is 6.95. The highest BCUT2D eigenvalue weighted by atomic mass is 79.9.